The molecule has 0 saturated carbocycles. The third-order valence-electron chi connectivity index (χ3n) is 3.30. The number of alkyl halides is 3. The Morgan fingerprint density at radius 2 is 1.74 bits per heavy atom. The summed E-state index contributed by atoms with van der Waals surface area (Å²) in [6, 6.07) is 6.90. The van der Waals surface area contributed by atoms with E-state index < -0.39 is 21.7 Å². The number of rotatable bonds is 2. The van der Waals surface area contributed by atoms with Crippen LogP contribution in [0.4, 0.5) is 13.2 Å². The number of aromatic amines is 1. The van der Waals surface area contributed by atoms with E-state index in [1.807, 2.05) is 0 Å². The first-order valence-corrected chi connectivity index (χ1v) is 8.28. The van der Waals surface area contributed by atoms with Gasteiger partial charge in [-0.05, 0) is 18.2 Å². The van der Waals surface area contributed by atoms with Crippen molar-refractivity contribution in [2.45, 2.75) is 11.1 Å². The molecule has 0 aliphatic rings. The van der Waals surface area contributed by atoms with E-state index in [0.29, 0.717) is 5.56 Å². The van der Waals surface area contributed by atoms with E-state index in [9.17, 15) is 21.6 Å². The Morgan fingerprint density at radius 1 is 1.09 bits per heavy atom. The molecule has 0 spiro atoms. The third-order valence-corrected chi connectivity index (χ3v) is 4.43. The van der Waals surface area contributed by atoms with Crippen LogP contribution in [0.15, 0.2) is 41.4 Å². The van der Waals surface area contributed by atoms with Crippen LogP contribution >= 0.6 is 0 Å². The Kier molecular flexibility index (Phi) is 3.40. The molecule has 0 saturated heterocycles. The minimum Gasteiger partial charge on any atom is -0.277 e. The largest absolute Gasteiger partial charge is 0.435 e. The number of benzene rings is 1. The summed E-state index contributed by atoms with van der Waals surface area (Å²) in [4.78, 5) is 4.09. The molecule has 2 heterocycles. The molecule has 1 aromatic carbocycles. The van der Waals surface area contributed by atoms with Gasteiger partial charge in [0.05, 0.1) is 21.5 Å². The fraction of sp³-hybridized carbons (Fsp3) is 0.143. The summed E-state index contributed by atoms with van der Waals surface area (Å²) in [5, 5.41) is 5.51. The number of hydrogen-bond donors (Lipinski definition) is 1. The first kappa shape index (κ1) is 15.5. The fourth-order valence-electron chi connectivity index (χ4n) is 2.25. The van der Waals surface area contributed by atoms with Crippen LogP contribution in [0.2, 0.25) is 0 Å². The highest BCUT2D eigenvalue weighted by Crippen LogP contribution is 2.37. The molecule has 3 aromatic rings. The summed E-state index contributed by atoms with van der Waals surface area (Å²) in [7, 11) is -3.38. The van der Waals surface area contributed by atoms with Crippen LogP contribution in [0.3, 0.4) is 0 Å². The minimum absolute atomic E-state index is 0.0802. The predicted octanol–water partition coefficient (Wildman–Crippen LogP) is 3.05. The van der Waals surface area contributed by atoms with Gasteiger partial charge < -0.3 is 0 Å². The van der Waals surface area contributed by atoms with Crippen molar-refractivity contribution in [2.24, 2.45) is 0 Å². The van der Waals surface area contributed by atoms with Crippen molar-refractivity contribution in [3.05, 3.63) is 42.2 Å². The monoisotopic (exact) mass is 341 g/mol. The number of halogens is 3. The lowest BCUT2D eigenvalue weighted by molar-refractivity contribution is -0.139. The number of sulfone groups is 1. The van der Waals surface area contributed by atoms with Gasteiger partial charge >= 0.3 is 6.18 Å². The number of aromatic nitrogens is 3. The van der Waals surface area contributed by atoms with Gasteiger partial charge in [-0.15, -0.1) is 0 Å². The standard InChI is InChI=1S/C14H10F3N3O2S/c1-23(21,22)9-4-2-8(3-5-9)12-11-10(6-7-18-12)19-20-13(11)14(15,16)17/h2-7H,1H3,(H,19,20). The van der Waals surface area contributed by atoms with E-state index in [0.717, 1.165) is 6.26 Å². The van der Waals surface area contributed by atoms with Gasteiger partial charge in [-0.25, -0.2) is 8.42 Å². The molecule has 0 aliphatic heterocycles. The Bertz CT molecular complexity index is 977. The number of H-pyrrole nitrogens is 1. The third kappa shape index (κ3) is 2.79. The van der Waals surface area contributed by atoms with E-state index in [-0.39, 0.29) is 21.5 Å². The number of nitrogens with one attached hydrogen (secondary N) is 1. The van der Waals surface area contributed by atoms with Crippen molar-refractivity contribution in [1.82, 2.24) is 15.2 Å². The molecule has 0 radical (unpaired) electrons. The maximum Gasteiger partial charge on any atom is 0.435 e. The second-order valence-corrected chi connectivity index (χ2v) is 6.96. The summed E-state index contributed by atoms with van der Waals surface area (Å²) in [5.41, 5.74) is -0.393. The van der Waals surface area contributed by atoms with Gasteiger partial charge in [0, 0.05) is 18.0 Å². The molecule has 0 bridgehead atoms. The number of pyridine rings is 1. The highest BCUT2D eigenvalue weighted by molar-refractivity contribution is 7.90. The molecule has 5 nitrogen and oxygen atoms in total. The molecule has 23 heavy (non-hydrogen) atoms. The van der Waals surface area contributed by atoms with Crippen LogP contribution in [0.1, 0.15) is 5.69 Å². The van der Waals surface area contributed by atoms with Crippen molar-refractivity contribution in [2.75, 3.05) is 6.26 Å². The van der Waals surface area contributed by atoms with Gasteiger partial charge in [-0.1, -0.05) is 12.1 Å². The van der Waals surface area contributed by atoms with Crippen molar-refractivity contribution in [3.63, 3.8) is 0 Å². The van der Waals surface area contributed by atoms with Gasteiger partial charge in [0.2, 0.25) is 0 Å². The van der Waals surface area contributed by atoms with Gasteiger partial charge in [0.1, 0.15) is 0 Å². The predicted molar refractivity (Wildman–Crippen MR) is 77.4 cm³/mol. The van der Waals surface area contributed by atoms with Crippen LogP contribution in [-0.2, 0) is 16.0 Å². The number of nitrogens with zero attached hydrogens (tertiary/aromatic N) is 2. The van der Waals surface area contributed by atoms with Crippen molar-refractivity contribution in [1.29, 1.82) is 0 Å². The molecular weight excluding hydrogens is 331 g/mol. The van der Waals surface area contributed by atoms with Crippen molar-refractivity contribution < 1.29 is 21.6 Å². The molecule has 0 aliphatic carbocycles. The van der Waals surface area contributed by atoms with E-state index >= 15 is 0 Å². The van der Waals surface area contributed by atoms with Gasteiger partial charge in [-0.2, -0.15) is 18.3 Å². The second kappa shape index (κ2) is 5.05. The number of hydrogen-bond acceptors (Lipinski definition) is 4. The Balaban J connectivity index is 2.22. The van der Waals surface area contributed by atoms with Gasteiger partial charge in [0.25, 0.3) is 0 Å². The average Bonchev–Trinajstić information content (AvgIpc) is 2.90. The lowest BCUT2D eigenvalue weighted by Crippen LogP contribution is -2.06. The summed E-state index contributed by atoms with van der Waals surface area (Å²) in [5.74, 6) is 0. The van der Waals surface area contributed by atoms with Crippen molar-refractivity contribution >= 4 is 20.7 Å². The lowest BCUT2D eigenvalue weighted by Gasteiger charge is -2.07. The molecule has 120 valence electrons. The maximum absolute atomic E-state index is 13.1. The SMILES string of the molecule is CS(=O)(=O)c1ccc(-c2nccc3[nH]nc(C(F)(F)F)c23)cc1. The topological polar surface area (TPSA) is 75.7 Å². The maximum atomic E-state index is 13.1. The first-order chi connectivity index (χ1) is 10.7. The molecule has 0 amide bonds. The van der Waals surface area contributed by atoms with Gasteiger partial charge in [-0.3, -0.25) is 10.1 Å². The summed E-state index contributed by atoms with van der Waals surface area (Å²) >= 11 is 0. The summed E-state index contributed by atoms with van der Waals surface area (Å²) < 4.78 is 62.1. The van der Waals surface area contributed by atoms with Crippen LogP contribution in [0.5, 0.6) is 0 Å². The normalized spacial score (nSPS) is 12.7. The lowest BCUT2D eigenvalue weighted by atomic mass is 10.1. The molecule has 2 aromatic heterocycles. The molecule has 0 atom stereocenters. The Hall–Kier alpha value is -2.42. The van der Waals surface area contributed by atoms with E-state index in [1.165, 1.54) is 36.5 Å². The molecule has 1 N–H and O–H groups in total. The molecular formula is C14H10F3N3O2S. The smallest absolute Gasteiger partial charge is 0.277 e. The zero-order valence-corrected chi connectivity index (χ0v) is 12.5. The van der Waals surface area contributed by atoms with Crippen LogP contribution in [0, 0.1) is 0 Å². The quantitative estimate of drug-likeness (QED) is 0.777. The highest BCUT2D eigenvalue weighted by Gasteiger charge is 2.37. The Labute approximate surface area is 129 Å². The molecule has 0 unspecified atom stereocenters. The number of fused-ring (bicyclic) bond motifs is 1. The van der Waals surface area contributed by atoms with Crippen LogP contribution < -0.4 is 0 Å². The van der Waals surface area contributed by atoms with E-state index in [1.54, 1.807) is 0 Å². The molecule has 0 fully saturated rings. The Morgan fingerprint density at radius 3 is 2.30 bits per heavy atom. The fourth-order valence-corrected chi connectivity index (χ4v) is 2.88. The zero-order chi connectivity index (χ0) is 16.8. The summed E-state index contributed by atoms with van der Waals surface area (Å²) in [6.45, 7) is 0. The van der Waals surface area contributed by atoms with Gasteiger partial charge in [0.15, 0.2) is 15.5 Å². The van der Waals surface area contributed by atoms with Crippen LogP contribution in [-0.4, -0.2) is 29.9 Å². The van der Waals surface area contributed by atoms with E-state index in [4.69, 9.17) is 0 Å². The molecule has 3 rings (SSSR count). The van der Waals surface area contributed by atoms with E-state index in [2.05, 4.69) is 15.2 Å². The summed E-state index contributed by atoms with van der Waals surface area (Å²) in [6.07, 6.45) is -2.21. The second-order valence-electron chi connectivity index (χ2n) is 4.95. The van der Waals surface area contributed by atoms with Crippen molar-refractivity contribution in [3.8, 4) is 11.3 Å². The zero-order valence-electron chi connectivity index (χ0n) is 11.7. The molecule has 9 heteroatoms. The average molecular weight is 341 g/mol. The first-order valence-electron chi connectivity index (χ1n) is 6.39. The highest BCUT2D eigenvalue weighted by atomic mass is 32.2. The minimum atomic E-state index is -4.62. The van der Waals surface area contributed by atoms with Crippen LogP contribution in [0.25, 0.3) is 22.2 Å².